The van der Waals surface area contributed by atoms with Crippen molar-refractivity contribution < 1.29 is 18.3 Å². The standard InChI is InChI=1S/C18H19NO4S/c1-12-5-7-14(8-6-12)16-10-17(16)19-24(22,23)11-13-3-2-4-15(9-13)18(20)21/h2-9,16-17,19H,10-11H2,1H3,(H,20,21)/t16-,17+/m0/s1. The first-order chi connectivity index (χ1) is 11.3. The molecule has 1 fully saturated rings. The first kappa shape index (κ1) is 16.7. The van der Waals surface area contributed by atoms with E-state index in [4.69, 9.17) is 5.11 Å². The summed E-state index contributed by atoms with van der Waals surface area (Å²) < 4.78 is 27.3. The molecule has 0 aliphatic heterocycles. The topological polar surface area (TPSA) is 83.5 Å². The molecule has 1 saturated carbocycles. The minimum Gasteiger partial charge on any atom is -0.478 e. The Labute approximate surface area is 141 Å². The largest absolute Gasteiger partial charge is 0.478 e. The van der Waals surface area contributed by atoms with Crippen LogP contribution in [0.1, 0.15) is 39.4 Å². The second kappa shape index (κ2) is 6.37. The van der Waals surface area contributed by atoms with Gasteiger partial charge in [-0.05, 0) is 36.6 Å². The molecule has 0 aromatic heterocycles. The van der Waals surface area contributed by atoms with E-state index in [-0.39, 0.29) is 23.3 Å². The van der Waals surface area contributed by atoms with Crippen LogP contribution < -0.4 is 4.72 Å². The van der Waals surface area contributed by atoms with E-state index < -0.39 is 16.0 Å². The Hall–Kier alpha value is -2.18. The van der Waals surface area contributed by atoms with Gasteiger partial charge in [0.25, 0.3) is 0 Å². The Morgan fingerprint density at radius 3 is 2.58 bits per heavy atom. The summed E-state index contributed by atoms with van der Waals surface area (Å²) in [7, 11) is -3.51. The second-order valence-corrected chi connectivity index (χ2v) is 8.00. The van der Waals surface area contributed by atoms with Crippen LogP contribution in [0.4, 0.5) is 0 Å². The number of carboxylic acids is 1. The number of aryl methyl sites for hydroxylation is 1. The molecular weight excluding hydrogens is 326 g/mol. The number of sulfonamides is 1. The maximum Gasteiger partial charge on any atom is 0.335 e. The second-order valence-electron chi connectivity index (χ2n) is 6.24. The van der Waals surface area contributed by atoms with E-state index in [1.807, 2.05) is 31.2 Å². The lowest BCUT2D eigenvalue weighted by Gasteiger charge is -2.07. The molecule has 0 unspecified atom stereocenters. The average Bonchev–Trinajstić information content (AvgIpc) is 3.26. The predicted octanol–water partition coefficient (Wildman–Crippen LogP) is 2.67. The van der Waals surface area contributed by atoms with Crippen molar-refractivity contribution in [3.63, 3.8) is 0 Å². The molecule has 5 nitrogen and oxygen atoms in total. The van der Waals surface area contributed by atoms with Gasteiger partial charge in [0.1, 0.15) is 0 Å². The summed E-state index contributed by atoms with van der Waals surface area (Å²) in [6.07, 6.45) is 0.789. The normalized spacial score (nSPS) is 19.9. The van der Waals surface area contributed by atoms with E-state index >= 15 is 0 Å². The van der Waals surface area contributed by atoms with E-state index in [1.54, 1.807) is 12.1 Å². The van der Waals surface area contributed by atoms with Crippen LogP contribution in [0.2, 0.25) is 0 Å². The van der Waals surface area contributed by atoms with Crippen molar-refractivity contribution in [2.24, 2.45) is 0 Å². The van der Waals surface area contributed by atoms with Crippen molar-refractivity contribution in [3.8, 4) is 0 Å². The van der Waals surface area contributed by atoms with E-state index in [1.165, 1.54) is 17.7 Å². The predicted molar refractivity (Wildman–Crippen MR) is 91.5 cm³/mol. The number of hydrogen-bond acceptors (Lipinski definition) is 3. The lowest BCUT2D eigenvalue weighted by molar-refractivity contribution is 0.0696. The number of rotatable bonds is 6. The summed E-state index contributed by atoms with van der Waals surface area (Å²) in [4.78, 5) is 11.0. The first-order valence-corrected chi connectivity index (χ1v) is 9.38. The molecule has 2 aromatic carbocycles. The number of carboxylic acid groups (broad SMARTS) is 1. The average molecular weight is 345 g/mol. The maximum atomic E-state index is 12.3. The first-order valence-electron chi connectivity index (χ1n) is 7.73. The van der Waals surface area contributed by atoms with Crippen LogP contribution in [0.5, 0.6) is 0 Å². The lowest BCUT2D eigenvalue weighted by atomic mass is 10.1. The zero-order valence-electron chi connectivity index (χ0n) is 13.3. The zero-order valence-corrected chi connectivity index (χ0v) is 14.1. The molecule has 2 aromatic rings. The highest BCUT2D eigenvalue weighted by Crippen LogP contribution is 2.41. The van der Waals surface area contributed by atoms with Gasteiger partial charge in [-0.1, -0.05) is 42.0 Å². The Morgan fingerprint density at radius 2 is 1.92 bits per heavy atom. The van der Waals surface area contributed by atoms with Crippen LogP contribution in [-0.2, 0) is 15.8 Å². The SMILES string of the molecule is Cc1ccc([C@@H]2C[C@H]2NS(=O)(=O)Cc2cccc(C(=O)O)c2)cc1. The van der Waals surface area contributed by atoms with Gasteiger partial charge < -0.3 is 5.11 Å². The van der Waals surface area contributed by atoms with Gasteiger partial charge >= 0.3 is 5.97 Å². The fraction of sp³-hybridized carbons (Fsp3) is 0.278. The van der Waals surface area contributed by atoms with Crippen LogP contribution in [0.25, 0.3) is 0 Å². The lowest BCUT2D eigenvalue weighted by Crippen LogP contribution is -2.28. The van der Waals surface area contributed by atoms with E-state index in [0.717, 1.165) is 12.0 Å². The van der Waals surface area contributed by atoms with Crippen LogP contribution in [0.3, 0.4) is 0 Å². The van der Waals surface area contributed by atoms with Crippen LogP contribution in [-0.4, -0.2) is 25.5 Å². The summed E-state index contributed by atoms with van der Waals surface area (Å²) in [6.45, 7) is 2.02. The molecule has 24 heavy (non-hydrogen) atoms. The Kier molecular flexibility index (Phi) is 4.43. The van der Waals surface area contributed by atoms with Crippen molar-refractivity contribution in [1.29, 1.82) is 0 Å². The summed E-state index contributed by atoms with van der Waals surface area (Å²) in [5.74, 6) is -1.07. The van der Waals surface area contributed by atoms with Gasteiger partial charge in [0, 0.05) is 12.0 Å². The Bertz CT molecular complexity index is 859. The van der Waals surface area contributed by atoms with Crippen molar-refractivity contribution in [1.82, 2.24) is 4.72 Å². The summed E-state index contributed by atoms with van der Waals surface area (Å²) >= 11 is 0. The number of nitrogens with one attached hydrogen (secondary N) is 1. The molecule has 6 heteroatoms. The van der Waals surface area contributed by atoms with Crippen LogP contribution >= 0.6 is 0 Å². The summed E-state index contributed by atoms with van der Waals surface area (Å²) in [5.41, 5.74) is 2.87. The van der Waals surface area contributed by atoms with Gasteiger partial charge in [0.15, 0.2) is 0 Å². The van der Waals surface area contributed by atoms with Gasteiger partial charge in [-0.15, -0.1) is 0 Å². The van der Waals surface area contributed by atoms with E-state index in [9.17, 15) is 13.2 Å². The molecule has 0 radical (unpaired) electrons. The molecule has 1 aliphatic carbocycles. The monoisotopic (exact) mass is 345 g/mol. The molecule has 3 rings (SSSR count). The fourth-order valence-corrected chi connectivity index (χ4v) is 4.22. The summed E-state index contributed by atoms with van der Waals surface area (Å²) in [6, 6.07) is 14.0. The molecule has 1 aliphatic rings. The van der Waals surface area contributed by atoms with Crippen molar-refractivity contribution >= 4 is 16.0 Å². The highest BCUT2D eigenvalue weighted by atomic mass is 32.2. The number of aromatic carboxylic acids is 1. The maximum absolute atomic E-state index is 12.3. The van der Waals surface area contributed by atoms with Gasteiger partial charge in [0.2, 0.25) is 10.0 Å². The Balaban J connectivity index is 1.64. The number of benzene rings is 2. The van der Waals surface area contributed by atoms with Gasteiger partial charge in [-0.3, -0.25) is 0 Å². The van der Waals surface area contributed by atoms with Crippen molar-refractivity contribution in [2.45, 2.75) is 31.1 Å². The third-order valence-corrected chi connectivity index (χ3v) is 5.53. The molecule has 126 valence electrons. The number of hydrogen-bond donors (Lipinski definition) is 2. The van der Waals surface area contributed by atoms with Gasteiger partial charge in [-0.2, -0.15) is 0 Å². The minimum absolute atomic E-state index is 0.0830. The molecule has 0 heterocycles. The fourth-order valence-electron chi connectivity index (χ4n) is 2.79. The molecule has 0 saturated heterocycles. The van der Waals surface area contributed by atoms with Gasteiger partial charge in [0.05, 0.1) is 11.3 Å². The van der Waals surface area contributed by atoms with E-state index in [0.29, 0.717) is 5.56 Å². The van der Waals surface area contributed by atoms with Crippen molar-refractivity contribution in [2.75, 3.05) is 0 Å². The number of carbonyl (C=O) groups is 1. The highest BCUT2D eigenvalue weighted by Gasteiger charge is 2.40. The van der Waals surface area contributed by atoms with Crippen LogP contribution in [0, 0.1) is 6.92 Å². The quantitative estimate of drug-likeness (QED) is 0.843. The molecule has 0 amide bonds. The minimum atomic E-state index is -3.51. The van der Waals surface area contributed by atoms with Crippen molar-refractivity contribution in [3.05, 3.63) is 70.8 Å². The van der Waals surface area contributed by atoms with Gasteiger partial charge in [-0.25, -0.2) is 17.9 Å². The zero-order chi connectivity index (χ0) is 17.3. The molecule has 2 atom stereocenters. The van der Waals surface area contributed by atoms with Crippen LogP contribution in [0.15, 0.2) is 48.5 Å². The Morgan fingerprint density at radius 1 is 1.21 bits per heavy atom. The van der Waals surface area contributed by atoms with E-state index in [2.05, 4.69) is 4.72 Å². The molecule has 2 N–H and O–H groups in total. The molecular formula is C18H19NO4S. The third-order valence-electron chi connectivity index (χ3n) is 4.16. The highest BCUT2D eigenvalue weighted by molar-refractivity contribution is 7.88. The third kappa shape index (κ3) is 4.01. The molecule has 0 bridgehead atoms. The summed E-state index contributed by atoms with van der Waals surface area (Å²) in [5, 5.41) is 8.98. The smallest absolute Gasteiger partial charge is 0.335 e. The molecule has 0 spiro atoms.